The number of aliphatic carboxylic acids is 2. The van der Waals surface area contributed by atoms with Crippen molar-refractivity contribution in [1.29, 1.82) is 0 Å². The minimum absolute atomic E-state index is 0. The standard InChI is InChI=1S/2C3H6O3.2H3N.2H2O.O.Ti/c2*1-2(4)3(5)6;;;;;;/h2*2,4H,1H3,(H,5,6);2*1H3;2*1H2;;/q;;;;;;;+2/p-2. The Morgan fingerprint density at radius 2 is 1.00 bits per heavy atom. The molecule has 0 amide bonds. The number of quaternary nitrogens is 2. The number of carbonyl (C=O) groups excluding carboxylic acids is 2. The van der Waals surface area contributed by atoms with Gasteiger partial charge in [-0.05, 0) is 13.8 Å². The molecule has 0 aliphatic heterocycles. The van der Waals surface area contributed by atoms with Gasteiger partial charge in [0.25, 0.3) is 0 Å². The first-order valence-corrected chi connectivity index (χ1v) is 5.75. The molecule has 2 atom stereocenters. The van der Waals surface area contributed by atoms with Gasteiger partial charge in [0.05, 0.1) is 24.1 Å². The molecule has 0 rings (SSSR count). The van der Waals surface area contributed by atoms with Crippen molar-refractivity contribution < 1.29 is 59.3 Å². The number of aliphatic hydroxyl groups excluding tert-OH is 2. The quantitative estimate of drug-likeness (QED) is 0.269. The van der Waals surface area contributed by atoms with Crippen LogP contribution in [0.2, 0.25) is 0 Å². The van der Waals surface area contributed by atoms with Crippen LogP contribution in [0.3, 0.4) is 0 Å². The van der Waals surface area contributed by atoms with Crippen molar-refractivity contribution in [3.05, 3.63) is 0 Å². The van der Waals surface area contributed by atoms with E-state index >= 15 is 0 Å². The molecule has 2 unspecified atom stereocenters. The molecule has 0 aromatic heterocycles. The van der Waals surface area contributed by atoms with Crippen molar-refractivity contribution >= 4 is 11.9 Å². The number of carboxylic acids is 2. The Balaban J connectivity index is -0.0000000454. The molecule has 18 heavy (non-hydrogen) atoms. The van der Waals surface area contributed by atoms with Crippen molar-refractivity contribution in [3.8, 4) is 0 Å². The van der Waals surface area contributed by atoms with Gasteiger partial charge in [0.1, 0.15) is 0 Å². The van der Waals surface area contributed by atoms with Gasteiger partial charge in [-0.2, -0.15) is 0 Å². The molecule has 0 radical (unpaired) electrons. The Morgan fingerprint density at radius 3 is 1.00 bits per heavy atom. The van der Waals surface area contributed by atoms with Gasteiger partial charge in [0.15, 0.2) is 0 Å². The van der Waals surface area contributed by atoms with Crippen LogP contribution in [-0.4, -0.2) is 41.7 Å². The molecule has 0 aromatic carbocycles. The number of carbonyl (C=O) groups is 2. The second-order valence-electron chi connectivity index (χ2n) is 2.27. The van der Waals surface area contributed by atoms with Crippen LogP contribution in [0.5, 0.6) is 0 Å². The monoisotopic (exact) mass is 312 g/mol. The van der Waals surface area contributed by atoms with E-state index in [1.54, 1.807) is 0 Å². The van der Waals surface area contributed by atoms with Gasteiger partial charge >= 0.3 is 29.3 Å². The van der Waals surface area contributed by atoms with E-state index in [1.807, 2.05) is 0 Å². The van der Waals surface area contributed by atoms with Crippen molar-refractivity contribution in [2.24, 2.45) is 0 Å². The van der Waals surface area contributed by atoms with Gasteiger partial charge < -0.3 is 42.3 Å². The van der Waals surface area contributed by atoms with Crippen LogP contribution in [0.1, 0.15) is 13.8 Å². The molecule has 12 heteroatoms. The maximum atomic E-state index is 9.34. The summed E-state index contributed by atoms with van der Waals surface area (Å²) in [6.07, 6.45) is -2.69. The van der Waals surface area contributed by atoms with Crippen LogP contribution in [0, 0.1) is 0 Å². The van der Waals surface area contributed by atoms with Crippen LogP contribution in [-0.2, 0) is 31.5 Å². The van der Waals surface area contributed by atoms with E-state index in [-0.39, 0.29) is 12.3 Å². The fourth-order valence-electron chi connectivity index (χ4n) is 0. The van der Waals surface area contributed by atoms with E-state index in [1.165, 1.54) is 0 Å². The molecular formula is C6H20N2O9Ti. The van der Waals surface area contributed by atoms with E-state index in [4.69, 9.17) is 20.9 Å². The SMILES string of the molecule is CC(O)C(=O)[O-].CC(O)C(=O)[O-].[NH4+].[NH4+].[O]=[Ti]([OH])[OH]. The summed E-state index contributed by atoms with van der Waals surface area (Å²) in [6, 6.07) is 0. The van der Waals surface area contributed by atoms with Crippen LogP contribution >= 0.6 is 0 Å². The average molecular weight is 312 g/mol. The zero-order valence-electron chi connectivity index (χ0n) is 10.5. The summed E-state index contributed by atoms with van der Waals surface area (Å²) in [5.41, 5.74) is 0. The van der Waals surface area contributed by atoms with Gasteiger partial charge in [0, 0.05) is 0 Å². The van der Waals surface area contributed by atoms with Crippen molar-refractivity contribution in [3.63, 3.8) is 0 Å². The molecule has 11 nitrogen and oxygen atoms in total. The Bertz CT molecular complexity index is 211. The topological polar surface area (TPSA) is 251 Å². The van der Waals surface area contributed by atoms with Crippen molar-refractivity contribution in [2.45, 2.75) is 26.1 Å². The molecule has 112 valence electrons. The third-order valence-corrected chi connectivity index (χ3v) is 0.682. The van der Waals surface area contributed by atoms with E-state index < -0.39 is 42.8 Å². The van der Waals surface area contributed by atoms with Crippen LogP contribution in [0.25, 0.3) is 0 Å². The van der Waals surface area contributed by atoms with E-state index in [0.29, 0.717) is 0 Å². The Labute approximate surface area is 110 Å². The number of hydrogen-bond acceptors (Lipinski definition) is 7. The van der Waals surface area contributed by atoms with Crippen molar-refractivity contribution in [2.75, 3.05) is 0 Å². The second-order valence-corrected chi connectivity index (χ2v) is 3.16. The summed E-state index contributed by atoms with van der Waals surface area (Å²) in [5.74, 6) is -2.87. The molecule has 0 aromatic rings. The summed E-state index contributed by atoms with van der Waals surface area (Å²) < 4.78 is 23.2. The summed E-state index contributed by atoms with van der Waals surface area (Å²) in [7, 11) is 0. The van der Waals surface area contributed by atoms with E-state index in [9.17, 15) is 19.8 Å². The molecule has 0 aliphatic rings. The fraction of sp³-hybridized carbons (Fsp3) is 0.667. The van der Waals surface area contributed by atoms with Crippen LogP contribution in [0.15, 0.2) is 0 Å². The average Bonchev–Trinajstić information content (AvgIpc) is 2.03. The normalized spacial score (nSPS) is 10.6. The minimum atomic E-state index is -3.58. The molecule has 0 saturated carbocycles. The first-order valence-electron chi connectivity index (χ1n) is 3.72. The molecule has 0 aliphatic carbocycles. The number of aliphatic hydroxyl groups is 2. The molecule has 0 bridgehead atoms. The van der Waals surface area contributed by atoms with Gasteiger partial charge in [-0.25, -0.2) is 0 Å². The number of carboxylic acid groups (broad SMARTS) is 2. The first kappa shape index (κ1) is 30.3. The Morgan fingerprint density at radius 1 is 0.944 bits per heavy atom. The number of rotatable bonds is 2. The van der Waals surface area contributed by atoms with Crippen LogP contribution in [0.4, 0.5) is 0 Å². The maximum absolute atomic E-state index is 9.34. The van der Waals surface area contributed by atoms with Gasteiger partial charge in [-0.15, -0.1) is 0 Å². The molecule has 0 fully saturated rings. The van der Waals surface area contributed by atoms with Gasteiger partial charge in [0.2, 0.25) is 0 Å². The Hall–Kier alpha value is -0.786. The van der Waals surface area contributed by atoms with E-state index in [0.717, 1.165) is 13.8 Å². The van der Waals surface area contributed by atoms with Gasteiger partial charge in [-0.3, -0.25) is 0 Å². The fourth-order valence-corrected chi connectivity index (χ4v) is 0. The molecular weight excluding hydrogens is 292 g/mol. The summed E-state index contributed by atoms with van der Waals surface area (Å²) >= 11 is -3.58. The molecule has 0 spiro atoms. The zero-order chi connectivity index (χ0) is 13.9. The summed E-state index contributed by atoms with van der Waals surface area (Å²) in [5, 5.41) is 34.6. The molecule has 0 heterocycles. The predicted octanol–water partition coefficient (Wildman–Crippen LogP) is -4.25. The van der Waals surface area contributed by atoms with Gasteiger partial charge in [-0.1, -0.05) is 0 Å². The summed E-state index contributed by atoms with van der Waals surface area (Å²) in [4.78, 5) is 18.7. The Kier molecular flexibility index (Phi) is 31.3. The summed E-state index contributed by atoms with van der Waals surface area (Å²) in [6.45, 7) is 2.27. The van der Waals surface area contributed by atoms with Crippen LogP contribution < -0.4 is 22.5 Å². The first-order chi connectivity index (χ1) is 7.02. The second kappa shape index (κ2) is 18.6. The molecule has 12 N–H and O–H groups in total. The third kappa shape index (κ3) is 59.1. The molecule has 0 saturated heterocycles. The number of hydrogen-bond donors (Lipinski definition) is 6. The third-order valence-electron chi connectivity index (χ3n) is 0.682. The predicted molar refractivity (Wildman–Crippen MR) is 50.5 cm³/mol. The van der Waals surface area contributed by atoms with Crippen molar-refractivity contribution in [1.82, 2.24) is 12.3 Å². The van der Waals surface area contributed by atoms with E-state index in [2.05, 4.69) is 0 Å². The zero-order valence-corrected chi connectivity index (χ0v) is 12.0.